The normalized spacial score (nSPS) is 30.0. The van der Waals surface area contributed by atoms with Gasteiger partial charge in [-0.1, -0.05) is 20.8 Å². The second-order valence-electron chi connectivity index (χ2n) is 7.03. The monoisotopic (exact) mass is 292 g/mol. The molecular weight excluding hydrogens is 260 g/mol. The Morgan fingerprint density at radius 2 is 2.14 bits per heavy atom. The molecule has 21 heavy (non-hydrogen) atoms. The van der Waals surface area contributed by atoms with E-state index in [0.29, 0.717) is 6.04 Å². The summed E-state index contributed by atoms with van der Waals surface area (Å²) < 4.78 is 2.12. The highest BCUT2D eigenvalue weighted by atomic mass is 15.2. The minimum absolute atomic E-state index is 0.664. The summed E-state index contributed by atoms with van der Waals surface area (Å²) in [4.78, 5) is 6.88. The van der Waals surface area contributed by atoms with Gasteiger partial charge in [-0.05, 0) is 44.2 Å². The average molecular weight is 292 g/mol. The third kappa shape index (κ3) is 4.30. The molecule has 4 nitrogen and oxygen atoms in total. The van der Waals surface area contributed by atoms with Crippen molar-refractivity contribution in [2.75, 3.05) is 20.1 Å². The van der Waals surface area contributed by atoms with Crippen molar-refractivity contribution in [2.24, 2.45) is 24.8 Å². The highest BCUT2D eigenvalue weighted by Crippen LogP contribution is 2.34. The Hall–Kier alpha value is -0.870. The van der Waals surface area contributed by atoms with Gasteiger partial charge in [-0.25, -0.2) is 4.98 Å². The Morgan fingerprint density at radius 3 is 2.76 bits per heavy atom. The van der Waals surface area contributed by atoms with Gasteiger partial charge in [-0.3, -0.25) is 4.90 Å². The molecule has 1 aromatic rings. The Labute approximate surface area is 129 Å². The first kappa shape index (κ1) is 16.5. The van der Waals surface area contributed by atoms with Gasteiger partial charge in [-0.2, -0.15) is 0 Å². The van der Waals surface area contributed by atoms with Crippen LogP contribution in [0.1, 0.15) is 39.4 Å². The molecule has 1 aromatic heterocycles. The average Bonchev–Trinajstić information content (AvgIpc) is 2.79. The maximum Gasteiger partial charge on any atom is 0.122 e. The molecule has 1 fully saturated rings. The predicted octanol–water partition coefficient (Wildman–Crippen LogP) is 2.51. The van der Waals surface area contributed by atoms with E-state index in [1.807, 2.05) is 12.4 Å². The molecule has 120 valence electrons. The molecule has 4 heteroatoms. The van der Waals surface area contributed by atoms with Crippen molar-refractivity contribution in [1.29, 1.82) is 0 Å². The van der Waals surface area contributed by atoms with Crippen molar-refractivity contribution >= 4 is 0 Å². The molecule has 0 spiro atoms. The van der Waals surface area contributed by atoms with Crippen LogP contribution in [0, 0.1) is 17.8 Å². The lowest BCUT2D eigenvalue weighted by atomic mass is 9.72. The van der Waals surface area contributed by atoms with Gasteiger partial charge >= 0.3 is 0 Å². The minimum Gasteiger partial charge on any atom is -0.337 e. The first-order valence-corrected chi connectivity index (χ1v) is 8.39. The topological polar surface area (TPSA) is 33.1 Å². The van der Waals surface area contributed by atoms with Crippen molar-refractivity contribution in [2.45, 2.75) is 46.2 Å². The number of aryl methyl sites for hydroxylation is 1. The number of rotatable bonds is 6. The van der Waals surface area contributed by atoms with Crippen LogP contribution in [-0.4, -0.2) is 40.6 Å². The van der Waals surface area contributed by atoms with Crippen molar-refractivity contribution in [3.8, 4) is 0 Å². The van der Waals surface area contributed by atoms with E-state index in [0.717, 1.165) is 43.2 Å². The molecule has 1 N–H and O–H groups in total. The zero-order chi connectivity index (χ0) is 15.4. The van der Waals surface area contributed by atoms with Gasteiger partial charge in [0.05, 0.1) is 6.54 Å². The van der Waals surface area contributed by atoms with E-state index in [1.165, 1.54) is 12.8 Å². The van der Waals surface area contributed by atoms with Gasteiger partial charge in [0.25, 0.3) is 0 Å². The summed E-state index contributed by atoms with van der Waals surface area (Å²) in [6.45, 7) is 10.2. The molecule has 4 atom stereocenters. The zero-order valence-corrected chi connectivity index (χ0v) is 14.3. The first-order valence-electron chi connectivity index (χ1n) is 8.39. The second kappa shape index (κ2) is 7.41. The summed E-state index contributed by atoms with van der Waals surface area (Å²) in [5.41, 5.74) is 0. The quantitative estimate of drug-likeness (QED) is 0.874. The van der Waals surface area contributed by atoms with Gasteiger partial charge in [0, 0.05) is 32.0 Å². The second-order valence-corrected chi connectivity index (χ2v) is 7.03. The fraction of sp³-hybridized carbons (Fsp3) is 0.824. The highest BCUT2D eigenvalue weighted by molar-refractivity contribution is 4.93. The molecule has 1 heterocycles. The van der Waals surface area contributed by atoms with Crippen molar-refractivity contribution < 1.29 is 0 Å². The van der Waals surface area contributed by atoms with Crippen LogP contribution in [0.25, 0.3) is 0 Å². The van der Waals surface area contributed by atoms with Gasteiger partial charge in [0.15, 0.2) is 0 Å². The first-order chi connectivity index (χ1) is 10.0. The van der Waals surface area contributed by atoms with Crippen LogP contribution < -0.4 is 5.32 Å². The summed E-state index contributed by atoms with van der Waals surface area (Å²) in [6.07, 6.45) is 6.59. The standard InChI is InChI=1S/C17H32N4/c1-6-18-16-10-13(2)9-14(3)15(16)11-20(4)12-17-19-7-8-21(17)5/h7-8,13-16,18H,6,9-12H2,1-5H3. The minimum atomic E-state index is 0.664. The molecule has 0 aromatic carbocycles. The lowest BCUT2D eigenvalue weighted by Gasteiger charge is -2.41. The number of nitrogens with zero attached hydrogens (tertiary/aromatic N) is 3. The van der Waals surface area contributed by atoms with Crippen LogP contribution in [0.15, 0.2) is 12.4 Å². The van der Waals surface area contributed by atoms with E-state index < -0.39 is 0 Å². The van der Waals surface area contributed by atoms with E-state index in [2.05, 4.69) is 54.6 Å². The van der Waals surface area contributed by atoms with Gasteiger partial charge < -0.3 is 9.88 Å². The maximum atomic E-state index is 4.44. The van der Waals surface area contributed by atoms with Crippen molar-refractivity contribution in [1.82, 2.24) is 19.8 Å². The van der Waals surface area contributed by atoms with Crippen LogP contribution in [-0.2, 0) is 13.6 Å². The maximum absolute atomic E-state index is 4.44. The number of hydrogen-bond donors (Lipinski definition) is 1. The third-order valence-electron chi connectivity index (χ3n) is 5.00. The Kier molecular flexibility index (Phi) is 5.82. The molecule has 0 radical (unpaired) electrons. The lowest BCUT2D eigenvalue weighted by molar-refractivity contribution is 0.108. The molecule has 1 saturated carbocycles. The Morgan fingerprint density at radius 1 is 1.38 bits per heavy atom. The fourth-order valence-corrected chi connectivity index (χ4v) is 3.93. The summed E-state index contributed by atoms with van der Waals surface area (Å²) in [5, 5.41) is 3.72. The molecule has 0 amide bonds. The number of hydrogen-bond acceptors (Lipinski definition) is 3. The summed E-state index contributed by atoms with van der Waals surface area (Å²) in [6, 6.07) is 0.664. The van der Waals surface area contributed by atoms with Crippen molar-refractivity contribution in [3.05, 3.63) is 18.2 Å². The van der Waals surface area contributed by atoms with Crippen LogP contribution in [0.3, 0.4) is 0 Å². The summed E-state index contributed by atoms with van der Waals surface area (Å²) in [7, 11) is 4.30. The van der Waals surface area contributed by atoms with E-state index in [1.54, 1.807) is 0 Å². The van der Waals surface area contributed by atoms with Crippen LogP contribution in [0.2, 0.25) is 0 Å². The van der Waals surface area contributed by atoms with Crippen molar-refractivity contribution in [3.63, 3.8) is 0 Å². The zero-order valence-electron chi connectivity index (χ0n) is 14.3. The number of nitrogens with one attached hydrogen (secondary N) is 1. The number of imidazole rings is 1. The van der Waals surface area contributed by atoms with Gasteiger partial charge in [-0.15, -0.1) is 0 Å². The predicted molar refractivity (Wildman–Crippen MR) is 88.1 cm³/mol. The fourth-order valence-electron chi connectivity index (χ4n) is 3.93. The van der Waals surface area contributed by atoms with E-state index >= 15 is 0 Å². The Bertz CT molecular complexity index is 428. The highest BCUT2D eigenvalue weighted by Gasteiger charge is 2.34. The van der Waals surface area contributed by atoms with Crippen LogP contribution in [0.5, 0.6) is 0 Å². The molecule has 2 rings (SSSR count). The third-order valence-corrected chi connectivity index (χ3v) is 5.00. The molecule has 0 bridgehead atoms. The molecule has 0 saturated heterocycles. The van der Waals surface area contributed by atoms with Crippen LogP contribution in [0.4, 0.5) is 0 Å². The molecule has 0 aliphatic heterocycles. The van der Waals surface area contributed by atoms with E-state index in [-0.39, 0.29) is 0 Å². The molecular formula is C17H32N4. The number of aromatic nitrogens is 2. The summed E-state index contributed by atoms with van der Waals surface area (Å²) in [5.74, 6) is 3.53. The van der Waals surface area contributed by atoms with E-state index in [4.69, 9.17) is 0 Å². The van der Waals surface area contributed by atoms with E-state index in [9.17, 15) is 0 Å². The lowest BCUT2D eigenvalue weighted by Crippen LogP contribution is -2.48. The Balaban J connectivity index is 1.96. The SMILES string of the molecule is CCNC1CC(C)CC(C)C1CN(C)Cc1nccn1C. The van der Waals surface area contributed by atoms with Crippen LogP contribution >= 0.6 is 0 Å². The molecule has 4 unspecified atom stereocenters. The smallest absolute Gasteiger partial charge is 0.122 e. The molecule has 1 aliphatic rings. The summed E-state index contributed by atoms with van der Waals surface area (Å²) >= 11 is 0. The molecule has 1 aliphatic carbocycles. The largest absolute Gasteiger partial charge is 0.337 e. The van der Waals surface area contributed by atoms with Gasteiger partial charge in [0.1, 0.15) is 5.82 Å². The van der Waals surface area contributed by atoms with Gasteiger partial charge in [0.2, 0.25) is 0 Å².